The normalized spacial score (nSPS) is 14.6. The lowest BCUT2D eigenvalue weighted by Gasteiger charge is -2.27. The van der Waals surface area contributed by atoms with Gasteiger partial charge in [0.2, 0.25) is 0 Å². The number of ether oxygens (including phenoxy) is 1. The van der Waals surface area contributed by atoms with E-state index in [1.807, 2.05) is 55.5 Å². The van der Waals surface area contributed by atoms with Crippen LogP contribution in [0.15, 0.2) is 71.3 Å². The highest BCUT2D eigenvalue weighted by atomic mass is 32.1. The summed E-state index contributed by atoms with van der Waals surface area (Å²) in [5, 5.41) is 26.3. The van der Waals surface area contributed by atoms with Crippen molar-refractivity contribution in [1.29, 1.82) is 10.5 Å². The second-order valence-corrected chi connectivity index (χ2v) is 8.95. The van der Waals surface area contributed by atoms with Gasteiger partial charge in [0.05, 0.1) is 29.8 Å². The molecule has 37 heavy (non-hydrogen) atoms. The lowest BCUT2D eigenvalue weighted by atomic mass is 9.90. The third kappa shape index (κ3) is 4.31. The molecule has 0 fully saturated rings. The number of ketones is 1. The largest absolute Gasteiger partial charge is 0.497 e. The zero-order valence-electron chi connectivity index (χ0n) is 20.0. The number of nitrogens with one attached hydrogen (secondary N) is 2. The van der Waals surface area contributed by atoms with E-state index in [0.717, 1.165) is 11.1 Å². The predicted molar refractivity (Wildman–Crippen MR) is 143 cm³/mol. The monoisotopic (exact) mass is 504 g/mol. The first kappa shape index (κ1) is 23.8. The average molecular weight is 505 g/mol. The van der Waals surface area contributed by atoms with E-state index in [9.17, 15) is 15.3 Å². The number of methoxy groups -OCH3 is 1. The van der Waals surface area contributed by atoms with Crippen LogP contribution in [-0.2, 0) is 0 Å². The molecule has 0 amide bonds. The molecule has 5 rings (SSSR count). The van der Waals surface area contributed by atoms with Gasteiger partial charge < -0.3 is 19.8 Å². The number of rotatable bonds is 5. The van der Waals surface area contributed by atoms with Crippen LogP contribution < -0.4 is 15.4 Å². The molecule has 1 atom stereocenters. The maximum atomic E-state index is 13.9. The summed E-state index contributed by atoms with van der Waals surface area (Å²) in [6, 6.07) is 21.4. The summed E-state index contributed by atoms with van der Waals surface area (Å²) in [7, 11) is 1.60. The summed E-state index contributed by atoms with van der Waals surface area (Å²) >= 11 is 5.38. The topological polar surface area (TPSA) is 111 Å². The summed E-state index contributed by atoms with van der Waals surface area (Å²) in [6.07, 6.45) is 1.72. The Labute approximate surface area is 218 Å². The Morgan fingerprint density at radius 1 is 1.03 bits per heavy atom. The molecule has 180 valence electrons. The van der Waals surface area contributed by atoms with E-state index in [1.54, 1.807) is 31.5 Å². The number of carbonyl (C=O) groups is 1. The van der Waals surface area contributed by atoms with E-state index >= 15 is 0 Å². The van der Waals surface area contributed by atoms with E-state index in [0.29, 0.717) is 44.3 Å². The van der Waals surface area contributed by atoms with E-state index in [4.69, 9.17) is 21.4 Å². The maximum Gasteiger partial charge on any atom is 0.197 e. The third-order valence-corrected chi connectivity index (χ3v) is 6.50. The van der Waals surface area contributed by atoms with E-state index in [1.165, 1.54) is 6.07 Å². The molecule has 2 N–H and O–H groups in total. The molecule has 7 nitrogen and oxygen atoms in total. The minimum absolute atomic E-state index is 0.169. The average Bonchev–Trinajstić information content (AvgIpc) is 3.30. The van der Waals surface area contributed by atoms with E-state index in [-0.39, 0.29) is 16.9 Å². The van der Waals surface area contributed by atoms with Gasteiger partial charge in [-0.1, -0.05) is 42.0 Å². The van der Waals surface area contributed by atoms with Crippen molar-refractivity contribution in [3.8, 4) is 17.9 Å². The smallest absolute Gasteiger partial charge is 0.197 e. The minimum atomic E-state index is -0.435. The number of thiocarbonyl (C=S) groups is 1. The SMILES string of the molecule is COc1ccc([C@@H]2NC(=S)NC=C2c2oc3cc(C#N)c(C#N)cc3c2C(=O)c2ccc(C)cc2)cc1. The highest BCUT2D eigenvalue weighted by Gasteiger charge is 2.32. The van der Waals surface area contributed by atoms with Gasteiger partial charge in [0.1, 0.15) is 29.2 Å². The summed E-state index contributed by atoms with van der Waals surface area (Å²) in [4.78, 5) is 13.9. The van der Waals surface area contributed by atoms with Crippen LogP contribution in [0.5, 0.6) is 5.75 Å². The molecular weight excluding hydrogens is 484 g/mol. The van der Waals surface area contributed by atoms with Gasteiger partial charge in [0.15, 0.2) is 10.9 Å². The van der Waals surface area contributed by atoms with Crippen LogP contribution in [0, 0.1) is 29.6 Å². The van der Waals surface area contributed by atoms with Gasteiger partial charge >= 0.3 is 0 Å². The van der Waals surface area contributed by atoms with Gasteiger partial charge in [-0.05, 0) is 42.9 Å². The fraction of sp³-hybridized carbons (Fsp3) is 0.103. The first-order chi connectivity index (χ1) is 17.9. The van der Waals surface area contributed by atoms with Gasteiger partial charge in [0.25, 0.3) is 0 Å². The van der Waals surface area contributed by atoms with Crippen molar-refractivity contribution < 1.29 is 13.9 Å². The number of hydrogen-bond donors (Lipinski definition) is 2. The number of carbonyl (C=O) groups excluding carboxylic acids is 1. The number of nitrogens with zero attached hydrogens (tertiary/aromatic N) is 2. The third-order valence-electron chi connectivity index (χ3n) is 6.27. The van der Waals surface area contributed by atoms with Crippen molar-refractivity contribution in [2.75, 3.05) is 7.11 Å². The quantitative estimate of drug-likeness (QED) is 0.279. The van der Waals surface area contributed by atoms with Crippen molar-refractivity contribution in [1.82, 2.24) is 10.6 Å². The fourth-order valence-electron chi connectivity index (χ4n) is 4.34. The van der Waals surface area contributed by atoms with Gasteiger partial charge in [0, 0.05) is 28.8 Å². The van der Waals surface area contributed by atoms with Crippen LogP contribution in [0.25, 0.3) is 16.5 Å². The molecule has 0 radical (unpaired) electrons. The molecule has 1 aromatic heterocycles. The Bertz CT molecular complexity index is 1670. The molecule has 8 heteroatoms. The first-order valence-corrected chi connectivity index (χ1v) is 11.8. The Hall–Kier alpha value is -4.92. The zero-order valence-corrected chi connectivity index (χ0v) is 20.8. The second-order valence-electron chi connectivity index (χ2n) is 8.54. The van der Waals surface area contributed by atoms with Crippen LogP contribution in [0.4, 0.5) is 0 Å². The number of benzene rings is 3. The number of hydrogen-bond acceptors (Lipinski definition) is 6. The zero-order chi connectivity index (χ0) is 26.1. The predicted octanol–water partition coefficient (Wildman–Crippen LogP) is 5.28. The van der Waals surface area contributed by atoms with E-state index < -0.39 is 6.04 Å². The van der Waals surface area contributed by atoms with Crippen LogP contribution in [0.2, 0.25) is 0 Å². The van der Waals surface area contributed by atoms with Crippen LogP contribution >= 0.6 is 12.2 Å². The molecule has 1 aliphatic rings. The molecule has 0 saturated heterocycles. The summed E-state index contributed by atoms with van der Waals surface area (Å²) in [5.41, 5.74) is 4.00. The highest BCUT2D eigenvalue weighted by Crippen LogP contribution is 2.40. The maximum absolute atomic E-state index is 13.9. The van der Waals surface area contributed by atoms with Crippen molar-refractivity contribution in [3.05, 3.63) is 106 Å². The lowest BCUT2D eigenvalue weighted by Crippen LogP contribution is -2.40. The number of furan rings is 1. The lowest BCUT2D eigenvalue weighted by molar-refractivity contribution is 0.103. The minimum Gasteiger partial charge on any atom is -0.497 e. The van der Waals surface area contributed by atoms with Crippen LogP contribution in [-0.4, -0.2) is 18.0 Å². The summed E-state index contributed by atoms with van der Waals surface area (Å²) in [5.74, 6) is 0.769. The fourth-order valence-corrected chi connectivity index (χ4v) is 4.52. The Morgan fingerprint density at radius 2 is 1.70 bits per heavy atom. The van der Waals surface area contributed by atoms with Crippen molar-refractivity contribution in [2.24, 2.45) is 0 Å². The molecule has 1 aliphatic heterocycles. The molecule has 0 bridgehead atoms. The highest BCUT2D eigenvalue weighted by molar-refractivity contribution is 7.80. The van der Waals surface area contributed by atoms with Gasteiger partial charge in [-0.2, -0.15) is 10.5 Å². The standard InChI is InChI=1S/C29H20N4O3S/c1-16-3-5-18(6-4-16)27(34)25-22-11-19(13-30)20(14-31)12-24(22)36-28(25)23-15-32-29(37)33-26(23)17-7-9-21(35-2)10-8-17/h3-12,15,26H,1-2H3,(H2,32,33,37)/t26-/m0/s1. The Balaban J connectivity index is 1.75. The molecule has 0 saturated carbocycles. The van der Waals surface area contributed by atoms with Gasteiger partial charge in [-0.15, -0.1) is 0 Å². The van der Waals surface area contributed by atoms with Gasteiger partial charge in [-0.3, -0.25) is 4.79 Å². The van der Waals surface area contributed by atoms with Crippen LogP contribution in [0.3, 0.4) is 0 Å². The van der Waals surface area contributed by atoms with Crippen molar-refractivity contribution in [3.63, 3.8) is 0 Å². The summed E-state index contributed by atoms with van der Waals surface area (Å²) in [6.45, 7) is 1.95. The number of fused-ring (bicyclic) bond motifs is 1. The molecule has 4 aromatic rings. The Kier molecular flexibility index (Phi) is 6.19. The number of nitriles is 2. The van der Waals surface area contributed by atoms with Crippen molar-refractivity contribution in [2.45, 2.75) is 13.0 Å². The molecule has 2 heterocycles. The van der Waals surface area contributed by atoms with Gasteiger partial charge in [-0.25, -0.2) is 0 Å². The van der Waals surface area contributed by atoms with Crippen molar-refractivity contribution >= 4 is 39.7 Å². The molecule has 0 unspecified atom stereocenters. The van der Waals surface area contributed by atoms with Crippen LogP contribution in [0.1, 0.15) is 50.0 Å². The van der Waals surface area contributed by atoms with E-state index in [2.05, 4.69) is 10.6 Å². The first-order valence-electron chi connectivity index (χ1n) is 11.4. The Morgan fingerprint density at radius 3 is 2.35 bits per heavy atom. The summed E-state index contributed by atoms with van der Waals surface area (Å²) < 4.78 is 11.6. The molecule has 0 spiro atoms. The molecular formula is C29H20N4O3S. The second kappa shape index (κ2) is 9.62. The molecule has 0 aliphatic carbocycles. The number of aryl methyl sites for hydroxylation is 1. The molecule has 3 aromatic carbocycles.